The maximum absolute atomic E-state index is 6.19. The van der Waals surface area contributed by atoms with Crippen molar-refractivity contribution in [2.45, 2.75) is 39.0 Å². The lowest BCUT2D eigenvalue weighted by Gasteiger charge is -2.12. The lowest BCUT2D eigenvalue weighted by Crippen LogP contribution is -2.08. The normalized spacial score (nSPS) is 13.6. The summed E-state index contributed by atoms with van der Waals surface area (Å²) in [4.78, 5) is 1.49. The summed E-state index contributed by atoms with van der Waals surface area (Å²) in [5, 5.41) is 2.48. The van der Waals surface area contributed by atoms with Crippen LogP contribution in [0.1, 0.15) is 30.7 Å². The minimum absolute atomic E-state index is 0.321. The Hall–Kier alpha value is -0.0100. The topological polar surface area (TPSA) is 0 Å². The summed E-state index contributed by atoms with van der Waals surface area (Å²) in [7, 11) is 0. The van der Waals surface area contributed by atoms with Gasteiger partial charge in [-0.05, 0) is 42.7 Å². The van der Waals surface area contributed by atoms with Crippen LogP contribution < -0.4 is 0 Å². The van der Waals surface area contributed by atoms with Gasteiger partial charge in [0.25, 0.3) is 0 Å². The van der Waals surface area contributed by atoms with Gasteiger partial charge in [0.1, 0.15) is 0 Å². The lowest BCUT2D eigenvalue weighted by molar-refractivity contribution is 0.566. The fourth-order valence-corrected chi connectivity index (χ4v) is 2.30. The molecule has 0 spiro atoms. The second-order valence-electron chi connectivity index (χ2n) is 3.83. The third-order valence-corrected chi connectivity index (χ3v) is 4.14. The molecule has 2 heteroatoms. The summed E-state index contributed by atoms with van der Waals surface area (Å²) >= 11 is 8.03. The van der Waals surface area contributed by atoms with E-state index in [-0.39, 0.29) is 0 Å². The largest absolute Gasteiger partial charge is 0.149 e. The zero-order chi connectivity index (χ0) is 9.84. The minimum atomic E-state index is 0.321. The molecule has 0 aliphatic rings. The Morgan fingerprint density at radius 1 is 1.46 bits per heavy atom. The van der Waals surface area contributed by atoms with Crippen LogP contribution in [0.15, 0.2) is 11.4 Å². The smallest absolute Gasteiger partial charge is 0.0362 e. The summed E-state index contributed by atoms with van der Waals surface area (Å²) in [6.45, 7) is 6.53. The molecule has 0 amide bonds. The molecule has 0 fully saturated rings. The summed E-state index contributed by atoms with van der Waals surface area (Å²) in [6, 6.07) is 2.18. The van der Waals surface area contributed by atoms with E-state index in [9.17, 15) is 0 Å². The summed E-state index contributed by atoms with van der Waals surface area (Å²) in [5.41, 5.74) is 1.41. The van der Waals surface area contributed by atoms with E-state index in [0.29, 0.717) is 11.3 Å². The lowest BCUT2D eigenvalue weighted by atomic mass is 10.0. The van der Waals surface area contributed by atoms with Gasteiger partial charge < -0.3 is 0 Å². The second kappa shape index (κ2) is 5.02. The average Bonchev–Trinajstić information content (AvgIpc) is 2.47. The molecule has 0 aliphatic heterocycles. The van der Waals surface area contributed by atoms with Crippen molar-refractivity contribution in [2.75, 3.05) is 0 Å². The van der Waals surface area contributed by atoms with Gasteiger partial charge in [-0.1, -0.05) is 13.8 Å². The van der Waals surface area contributed by atoms with Crippen LogP contribution >= 0.6 is 22.9 Å². The third-order valence-electron chi connectivity index (χ3n) is 2.34. The van der Waals surface area contributed by atoms with Crippen molar-refractivity contribution in [3.63, 3.8) is 0 Å². The first-order valence-electron chi connectivity index (χ1n) is 4.78. The molecule has 0 nitrogen and oxygen atoms in total. The number of alkyl halides is 1. The van der Waals surface area contributed by atoms with Crippen LogP contribution in [0.5, 0.6) is 0 Å². The van der Waals surface area contributed by atoms with Crippen LogP contribution in [0.3, 0.4) is 0 Å². The highest BCUT2D eigenvalue weighted by molar-refractivity contribution is 7.10. The number of rotatable bonds is 4. The molecule has 0 bridgehead atoms. The molecule has 1 heterocycles. The Balaban J connectivity index is 2.39. The molecule has 1 aromatic rings. The van der Waals surface area contributed by atoms with Crippen LogP contribution in [0.25, 0.3) is 0 Å². The van der Waals surface area contributed by atoms with Gasteiger partial charge in [0, 0.05) is 10.3 Å². The second-order valence-corrected chi connectivity index (χ2v) is 5.39. The predicted octanol–water partition coefficient (Wildman–Crippen LogP) is 4.25. The zero-order valence-electron chi connectivity index (χ0n) is 8.51. The molecule has 0 saturated heterocycles. The predicted molar refractivity (Wildman–Crippen MR) is 61.9 cm³/mol. The van der Waals surface area contributed by atoms with E-state index < -0.39 is 0 Å². The minimum Gasteiger partial charge on any atom is -0.149 e. The van der Waals surface area contributed by atoms with Crippen LogP contribution in [-0.4, -0.2) is 5.38 Å². The molecule has 0 N–H and O–H groups in total. The van der Waals surface area contributed by atoms with Gasteiger partial charge in [-0.3, -0.25) is 0 Å². The number of aryl methyl sites for hydroxylation is 2. The van der Waals surface area contributed by atoms with Crippen molar-refractivity contribution in [1.29, 1.82) is 0 Å². The first-order chi connectivity index (χ1) is 6.11. The van der Waals surface area contributed by atoms with E-state index >= 15 is 0 Å². The third kappa shape index (κ3) is 3.32. The Kier molecular flexibility index (Phi) is 4.27. The highest BCUT2D eigenvalue weighted by Crippen LogP contribution is 2.21. The molecule has 1 atom stereocenters. The molecule has 13 heavy (non-hydrogen) atoms. The molecule has 1 rings (SSSR count). The van der Waals surface area contributed by atoms with Gasteiger partial charge in [-0.2, -0.15) is 0 Å². The number of thiophene rings is 1. The maximum atomic E-state index is 6.19. The van der Waals surface area contributed by atoms with Crippen LogP contribution in [0, 0.1) is 12.8 Å². The maximum Gasteiger partial charge on any atom is 0.0362 e. The van der Waals surface area contributed by atoms with E-state index in [1.54, 1.807) is 0 Å². The van der Waals surface area contributed by atoms with Crippen LogP contribution in [-0.2, 0) is 6.42 Å². The number of hydrogen-bond donors (Lipinski definition) is 0. The van der Waals surface area contributed by atoms with Crippen LogP contribution in [0.4, 0.5) is 0 Å². The zero-order valence-corrected chi connectivity index (χ0v) is 10.1. The molecular weight excluding hydrogens is 200 g/mol. The highest BCUT2D eigenvalue weighted by Gasteiger charge is 2.10. The summed E-state index contributed by atoms with van der Waals surface area (Å²) < 4.78 is 0. The average molecular weight is 217 g/mol. The SMILES string of the molecule is Cc1ccsc1CCC(Cl)C(C)C. The van der Waals surface area contributed by atoms with Crippen molar-refractivity contribution >= 4 is 22.9 Å². The Morgan fingerprint density at radius 2 is 2.15 bits per heavy atom. The molecular formula is C11H17ClS. The standard InChI is InChI=1S/C11H17ClS/c1-8(2)10(12)4-5-11-9(3)6-7-13-11/h6-8,10H,4-5H2,1-3H3. The summed E-state index contributed by atoms with van der Waals surface area (Å²) in [6.07, 6.45) is 2.23. The molecule has 0 aromatic carbocycles. The quantitative estimate of drug-likeness (QED) is 0.660. The first-order valence-corrected chi connectivity index (χ1v) is 6.10. The van der Waals surface area contributed by atoms with Gasteiger partial charge in [0.05, 0.1) is 0 Å². The van der Waals surface area contributed by atoms with Crippen molar-refractivity contribution in [3.8, 4) is 0 Å². The fourth-order valence-electron chi connectivity index (χ4n) is 1.26. The van der Waals surface area contributed by atoms with Gasteiger partial charge in [-0.15, -0.1) is 22.9 Å². The Labute approximate surface area is 89.9 Å². The van der Waals surface area contributed by atoms with Gasteiger partial charge in [0.2, 0.25) is 0 Å². The fraction of sp³-hybridized carbons (Fsp3) is 0.636. The van der Waals surface area contributed by atoms with Gasteiger partial charge in [-0.25, -0.2) is 0 Å². The van der Waals surface area contributed by atoms with Crippen molar-refractivity contribution < 1.29 is 0 Å². The van der Waals surface area contributed by atoms with Crippen molar-refractivity contribution in [1.82, 2.24) is 0 Å². The highest BCUT2D eigenvalue weighted by atomic mass is 35.5. The van der Waals surface area contributed by atoms with E-state index in [4.69, 9.17) is 11.6 Å². The Morgan fingerprint density at radius 3 is 2.62 bits per heavy atom. The molecule has 1 unspecified atom stereocenters. The van der Waals surface area contributed by atoms with E-state index in [1.165, 1.54) is 10.4 Å². The first kappa shape index (κ1) is 11.1. The monoisotopic (exact) mass is 216 g/mol. The van der Waals surface area contributed by atoms with Crippen molar-refractivity contribution in [2.24, 2.45) is 5.92 Å². The Bertz CT molecular complexity index is 252. The molecule has 0 aliphatic carbocycles. The van der Waals surface area contributed by atoms with E-state index in [1.807, 2.05) is 11.3 Å². The van der Waals surface area contributed by atoms with Gasteiger partial charge >= 0.3 is 0 Å². The summed E-state index contributed by atoms with van der Waals surface area (Å²) in [5.74, 6) is 0.585. The molecule has 1 aromatic heterocycles. The number of halogens is 1. The molecule has 0 radical (unpaired) electrons. The van der Waals surface area contributed by atoms with E-state index in [2.05, 4.69) is 32.2 Å². The number of hydrogen-bond acceptors (Lipinski definition) is 1. The molecule has 74 valence electrons. The van der Waals surface area contributed by atoms with Gasteiger partial charge in [0.15, 0.2) is 0 Å². The van der Waals surface area contributed by atoms with Crippen LogP contribution in [0.2, 0.25) is 0 Å². The van der Waals surface area contributed by atoms with E-state index in [0.717, 1.165) is 12.8 Å². The molecule has 0 saturated carbocycles. The van der Waals surface area contributed by atoms with Crippen molar-refractivity contribution in [3.05, 3.63) is 21.9 Å².